The monoisotopic (exact) mass is 354 g/mol. The van der Waals surface area contributed by atoms with E-state index in [9.17, 15) is 14.4 Å². The van der Waals surface area contributed by atoms with Crippen LogP contribution >= 0.6 is 0 Å². The molecule has 2 aromatic carbocycles. The highest BCUT2D eigenvalue weighted by atomic mass is 16.5. The molecule has 0 aliphatic rings. The Morgan fingerprint density at radius 3 is 2.08 bits per heavy atom. The Balaban J connectivity index is 2.15. The topological polar surface area (TPSA) is 84.5 Å². The van der Waals surface area contributed by atoms with Gasteiger partial charge in [0.2, 0.25) is 5.91 Å². The molecule has 2 unspecified atom stereocenters. The van der Waals surface area contributed by atoms with Crippen LogP contribution in [0.1, 0.15) is 35.3 Å². The molecule has 0 heterocycles. The maximum absolute atomic E-state index is 12.7. The van der Waals surface area contributed by atoms with Crippen LogP contribution in [0.2, 0.25) is 0 Å². The van der Waals surface area contributed by atoms with Crippen LogP contribution < -0.4 is 10.6 Å². The molecule has 2 atom stereocenters. The zero-order valence-electron chi connectivity index (χ0n) is 14.8. The fourth-order valence-electron chi connectivity index (χ4n) is 2.46. The number of carbonyl (C=O) groups is 3. The van der Waals surface area contributed by atoms with Gasteiger partial charge in [0.25, 0.3) is 5.91 Å². The van der Waals surface area contributed by atoms with E-state index in [0.29, 0.717) is 11.1 Å². The first-order chi connectivity index (χ1) is 12.5. The van der Waals surface area contributed by atoms with Gasteiger partial charge >= 0.3 is 5.97 Å². The van der Waals surface area contributed by atoms with Gasteiger partial charge in [-0.1, -0.05) is 48.5 Å². The van der Waals surface area contributed by atoms with Crippen molar-refractivity contribution in [1.82, 2.24) is 10.6 Å². The van der Waals surface area contributed by atoms with Crippen molar-refractivity contribution in [3.63, 3.8) is 0 Å². The van der Waals surface area contributed by atoms with E-state index in [2.05, 4.69) is 15.4 Å². The average Bonchev–Trinajstić information content (AvgIpc) is 2.66. The molecular formula is C20H22N2O4. The van der Waals surface area contributed by atoms with Gasteiger partial charge in [-0.15, -0.1) is 0 Å². The van der Waals surface area contributed by atoms with Gasteiger partial charge in [0, 0.05) is 11.6 Å². The lowest BCUT2D eigenvalue weighted by molar-refractivity contribution is -0.141. The minimum atomic E-state index is -0.871. The fourth-order valence-corrected chi connectivity index (χ4v) is 2.46. The van der Waals surface area contributed by atoms with Crippen molar-refractivity contribution in [1.29, 1.82) is 0 Å². The van der Waals surface area contributed by atoms with Crippen molar-refractivity contribution in [2.75, 3.05) is 7.11 Å². The Hall–Kier alpha value is -3.15. The molecule has 2 N–H and O–H groups in total. The van der Waals surface area contributed by atoms with Crippen LogP contribution in [-0.2, 0) is 14.3 Å². The molecule has 26 heavy (non-hydrogen) atoms. The number of methoxy groups -OCH3 is 1. The van der Waals surface area contributed by atoms with E-state index >= 15 is 0 Å². The van der Waals surface area contributed by atoms with Gasteiger partial charge in [0.05, 0.1) is 13.5 Å². The van der Waals surface area contributed by atoms with Gasteiger partial charge in [0.15, 0.2) is 0 Å². The van der Waals surface area contributed by atoms with Gasteiger partial charge in [0.1, 0.15) is 6.04 Å². The summed E-state index contributed by atoms with van der Waals surface area (Å²) >= 11 is 0. The summed E-state index contributed by atoms with van der Waals surface area (Å²) in [7, 11) is 1.30. The standard InChI is InChI=1S/C20H22N2O4/c1-14(13-17(23)26-2)21-20(25)18(15-9-5-3-6-10-15)22-19(24)16-11-7-4-8-12-16/h3-12,14,18H,13H2,1-2H3,(H,21,25)(H,22,24). The Kier molecular flexibility index (Phi) is 6.91. The molecule has 0 fully saturated rings. The first-order valence-electron chi connectivity index (χ1n) is 8.29. The molecule has 0 bridgehead atoms. The predicted octanol–water partition coefficient (Wildman–Crippen LogP) is 2.23. The maximum atomic E-state index is 12.7. The first-order valence-corrected chi connectivity index (χ1v) is 8.29. The van der Waals surface area contributed by atoms with E-state index in [1.807, 2.05) is 12.1 Å². The van der Waals surface area contributed by atoms with Crippen LogP contribution in [-0.4, -0.2) is 30.9 Å². The third kappa shape index (κ3) is 5.44. The Morgan fingerprint density at radius 2 is 1.50 bits per heavy atom. The number of nitrogens with one attached hydrogen (secondary N) is 2. The Labute approximate surface area is 152 Å². The molecular weight excluding hydrogens is 332 g/mol. The molecule has 6 nitrogen and oxygen atoms in total. The third-order valence-corrected chi connectivity index (χ3v) is 3.80. The van der Waals surface area contributed by atoms with E-state index < -0.39 is 24.0 Å². The summed E-state index contributed by atoms with van der Waals surface area (Å²) in [6.07, 6.45) is 0.0520. The molecule has 0 aliphatic heterocycles. The average molecular weight is 354 g/mol. The van der Waals surface area contributed by atoms with Gasteiger partial charge in [-0.05, 0) is 24.6 Å². The number of amides is 2. The molecule has 2 rings (SSSR count). The molecule has 0 aliphatic carbocycles. The molecule has 2 aromatic rings. The summed E-state index contributed by atoms with van der Waals surface area (Å²) in [5.74, 6) is -1.16. The summed E-state index contributed by atoms with van der Waals surface area (Å²) < 4.78 is 4.61. The van der Waals surface area contributed by atoms with E-state index in [0.717, 1.165) is 0 Å². The van der Waals surface area contributed by atoms with E-state index in [4.69, 9.17) is 0 Å². The highest BCUT2D eigenvalue weighted by Crippen LogP contribution is 2.14. The van der Waals surface area contributed by atoms with Crippen LogP contribution in [0.5, 0.6) is 0 Å². The van der Waals surface area contributed by atoms with Crippen molar-refractivity contribution < 1.29 is 19.1 Å². The second kappa shape index (κ2) is 9.36. The van der Waals surface area contributed by atoms with Crippen molar-refractivity contribution in [3.8, 4) is 0 Å². The normalized spacial score (nSPS) is 12.5. The lowest BCUT2D eigenvalue weighted by Gasteiger charge is -2.21. The fraction of sp³-hybridized carbons (Fsp3) is 0.250. The first kappa shape index (κ1) is 19.2. The summed E-state index contributed by atoms with van der Waals surface area (Å²) in [6.45, 7) is 1.70. The van der Waals surface area contributed by atoms with Crippen molar-refractivity contribution in [3.05, 3.63) is 71.8 Å². The highest BCUT2D eigenvalue weighted by molar-refractivity contribution is 5.97. The van der Waals surface area contributed by atoms with Crippen LogP contribution in [0.15, 0.2) is 60.7 Å². The third-order valence-electron chi connectivity index (χ3n) is 3.80. The van der Waals surface area contributed by atoms with Crippen molar-refractivity contribution in [2.24, 2.45) is 0 Å². The lowest BCUT2D eigenvalue weighted by atomic mass is 10.0. The minimum absolute atomic E-state index is 0.0520. The SMILES string of the molecule is COC(=O)CC(C)NC(=O)C(NC(=O)c1ccccc1)c1ccccc1. The maximum Gasteiger partial charge on any atom is 0.307 e. The molecule has 0 saturated carbocycles. The molecule has 136 valence electrons. The van der Waals surface area contributed by atoms with Gasteiger partial charge in [-0.2, -0.15) is 0 Å². The highest BCUT2D eigenvalue weighted by Gasteiger charge is 2.25. The number of benzene rings is 2. The van der Waals surface area contributed by atoms with E-state index in [1.54, 1.807) is 55.5 Å². The van der Waals surface area contributed by atoms with Crippen molar-refractivity contribution >= 4 is 17.8 Å². The lowest BCUT2D eigenvalue weighted by Crippen LogP contribution is -2.44. The summed E-state index contributed by atoms with van der Waals surface area (Å²) in [6, 6.07) is 16.3. The van der Waals surface area contributed by atoms with Gasteiger partial charge < -0.3 is 15.4 Å². The van der Waals surface area contributed by atoms with Gasteiger partial charge in [-0.3, -0.25) is 14.4 Å². The summed E-state index contributed by atoms with van der Waals surface area (Å²) in [4.78, 5) is 36.6. The van der Waals surface area contributed by atoms with Crippen LogP contribution in [0.25, 0.3) is 0 Å². The summed E-state index contributed by atoms with van der Waals surface area (Å²) in [5.41, 5.74) is 1.11. The second-order valence-corrected chi connectivity index (χ2v) is 5.87. The number of carbonyl (C=O) groups excluding carboxylic acids is 3. The number of ether oxygens (including phenoxy) is 1. The molecule has 0 saturated heterocycles. The van der Waals surface area contributed by atoms with Crippen molar-refractivity contribution in [2.45, 2.75) is 25.4 Å². The second-order valence-electron chi connectivity index (χ2n) is 5.87. The van der Waals surface area contributed by atoms with Crippen LogP contribution in [0, 0.1) is 0 Å². The predicted molar refractivity (Wildman–Crippen MR) is 97.3 cm³/mol. The van der Waals surface area contributed by atoms with Gasteiger partial charge in [-0.25, -0.2) is 0 Å². The smallest absolute Gasteiger partial charge is 0.307 e. The largest absolute Gasteiger partial charge is 0.469 e. The quantitative estimate of drug-likeness (QED) is 0.747. The number of hydrogen-bond acceptors (Lipinski definition) is 4. The number of esters is 1. The van der Waals surface area contributed by atoms with Crippen LogP contribution in [0.3, 0.4) is 0 Å². The molecule has 2 amide bonds. The van der Waals surface area contributed by atoms with E-state index in [1.165, 1.54) is 7.11 Å². The molecule has 6 heteroatoms. The number of hydrogen-bond donors (Lipinski definition) is 2. The zero-order chi connectivity index (χ0) is 18.9. The number of rotatable bonds is 7. The van der Waals surface area contributed by atoms with E-state index in [-0.39, 0.29) is 12.3 Å². The minimum Gasteiger partial charge on any atom is -0.469 e. The molecule has 0 aromatic heterocycles. The summed E-state index contributed by atoms with van der Waals surface area (Å²) in [5, 5.41) is 5.50. The molecule has 0 radical (unpaired) electrons. The Morgan fingerprint density at radius 1 is 0.923 bits per heavy atom. The Bertz CT molecular complexity index is 747. The molecule has 0 spiro atoms. The van der Waals surface area contributed by atoms with Crippen LogP contribution in [0.4, 0.5) is 0 Å². The zero-order valence-corrected chi connectivity index (χ0v) is 14.8.